The normalized spacial score (nSPS) is 22.0. The first kappa shape index (κ1) is 16.8. The number of β-amino-alcohol motifs (C(OH)–C–C–N with tert-alkyl or cyclic N) is 1. The molecule has 0 unspecified atom stereocenters. The van der Waals surface area contributed by atoms with Gasteiger partial charge in [0.05, 0.1) is 11.7 Å². The van der Waals surface area contributed by atoms with Gasteiger partial charge in [-0.2, -0.15) is 0 Å². The summed E-state index contributed by atoms with van der Waals surface area (Å²) in [5.41, 5.74) is -0.149. The van der Waals surface area contributed by atoms with Crippen molar-refractivity contribution in [2.75, 3.05) is 26.2 Å². The maximum atomic E-state index is 13.7. The molecule has 2 aliphatic heterocycles. The van der Waals surface area contributed by atoms with Crippen molar-refractivity contribution in [1.29, 1.82) is 0 Å². The molecule has 0 aliphatic carbocycles. The SMILES string of the molecule is O=C(c1ccc(F)cc1F)N1CCC(C(=O)N2CC[C@@H](O)C2)CC1. The number of piperidine rings is 1. The van der Waals surface area contributed by atoms with Gasteiger partial charge in [0.1, 0.15) is 11.6 Å². The van der Waals surface area contributed by atoms with Gasteiger partial charge in [0.25, 0.3) is 5.91 Å². The highest BCUT2D eigenvalue weighted by Gasteiger charge is 2.33. The zero-order valence-electron chi connectivity index (χ0n) is 13.3. The first-order valence-electron chi connectivity index (χ1n) is 8.17. The average molecular weight is 338 g/mol. The van der Waals surface area contributed by atoms with Crippen LogP contribution in [-0.2, 0) is 4.79 Å². The Morgan fingerprint density at radius 1 is 1.04 bits per heavy atom. The number of nitrogens with zero attached hydrogens (tertiary/aromatic N) is 2. The van der Waals surface area contributed by atoms with E-state index in [-0.39, 0.29) is 17.4 Å². The van der Waals surface area contributed by atoms with Gasteiger partial charge < -0.3 is 14.9 Å². The smallest absolute Gasteiger partial charge is 0.256 e. The van der Waals surface area contributed by atoms with E-state index in [1.54, 1.807) is 4.90 Å². The van der Waals surface area contributed by atoms with E-state index in [4.69, 9.17) is 0 Å². The highest BCUT2D eigenvalue weighted by molar-refractivity contribution is 5.94. The van der Waals surface area contributed by atoms with E-state index in [2.05, 4.69) is 0 Å². The number of rotatable bonds is 2. The second-order valence-corrected chi connectivity index (χ2v) is 6.42. The van der Waals surface area contributed by atoms with E-state index >= 15 is 0 Å². The maximum absolute atomic E-state index is 13.7. The van der Waals surface area contributed by atoms with Crippen LogP contribution in [0.15, 0.2) is 18.2 Å². The number of carbonyl (C=O) groups excluding carboxylic acids is 2. The molecule has 2 amide bonds. The van der Waals surface area contributed by atoms with Crippen LogP contribution in [0, 0.1) is 17.6 Å². The molecule has 1 atom stereocenters. The molecule has 2 heterocycles. The van der Waals surface area contributed by atoms with Gasteiger partial charge in [0, 0.05) is 38.2 Å². The lowest BCUT2D eigenvalue weighted by molar-refractivity contribution is -0.136. The van der Waals surface area contributed by atoms with Crippen LogP contribution >= 0.6 is 0 Å². The fraction of sp³-hybridized carbons (Fsp3) is 0.529. The lowest BCUT2D eigenvalue weighted by atomic mass is 9.95. The van der Waals surface area contributed by atoms with Gasteiger partial charge in [-0.15, -0.1) is 0 Å². The van der Waals surface area contributed by atoms with E-state index in [1.165, 1.54) is 4.90 Å². The number of carbonyl (C=O) groups is 2. The zero-order valence-corrected chi connectivity index (χ0v) is 13.3. The van der Waals surface area contributed by atoms with E-state index in [9.17, 15) is 23.5 Å². The standard InChI is InChI=1S/C17H20F2N2O3/c18-12-1-2-14(15(19)9-12)17(24)20-6-3-11(4-7-20)16(23)21-8-5-13(22)10-21/h1-2,9,11,13,22H,3-8,10H2/t13-/m1/s1. The summed E-state index contributed by atoms with van der Waals surface area (Å²) in [6, 6.07) is 2.91. The van der Waals surface area contributed by atoms with Crippen molar-refractivity contribution in [2.24, 2.45) is 5.92 Å². The third-order valence-corrected chi connectivity index (χ3v) is 4.77. The summed E-state index contributed by atoms with van der Waals surface area (Å²) in [4.78, 5) is 27.9. The molecule has 5 nitrogen and oxygen atoms in total. The highest BCUT2D eigenvalue weighted by Crippen LogP contribution is 2.24. The Kier molecular flexibility index (Phi) is 4.80. The molecule has 3 rings (SSSR count). The number of benzene rings is 1. The average Bonchev–Trinajstić information content (AvgIpc) is 3.00. The number of hydrogen-bond acceptors (Lipinski definition) is 3. The quantitative estimate of drug-likeness (QED) is 0.887. The third-order valence-electron chi connectivity index (χ3n) is 4.77. The van der Waals surface area contributed by atoms with Crippen molar-refractivity contribution in [3.8, 4) is 0 Å². The second kappa shape index (κ2) is 6.84. The lowest BCUT2D eigenvalue weighted by Crippen LogP contribution is -2.44. The molecule has 2 aliphatic rings. The Balaban J connectivity index is 1.58. The third kappa shape index (κ3) is 3.40. The van der Waals surface area contributed by atoms with Crippen LogP contribution in [0.1, 0.15) is 29.6 Å². The molecule has 1 aromatic carbocycles. The number of aliphatic hydroxyl groups excluding tert-OH is 1. The fourth-order valence-corrected chi connectivity index (χ4v) is 3.36. The highest BCUT2D eigenvalue weighted by atomic mass is 19.1. The van der Waals surface area contributed by atoms with Gasteiger partial charge in [0.15, 0.2) is 0 Å². The van der Waals surface area contributed by atoms with Crippen LogP contribution in [0.5, 0.6) is 0 Å². The number of likely N-dealkylation sites (tertiary alicyclic amines) is 2. The van der Waals surface area contributed by atoms with E-state index < -0.39 is 23.6 Å². The van der Waals surface area contributed by atoms with Crippen LogP contribution in [0.4, 0.5) is 8.78 Å². The van der Waals surface area contributed by atoms with Crippen molar-refractivity contribution in [2.45, 2.75) is 25.4 Å². The number of amides is 2. The van der Waals surface area contributed by atoms with Gasteiger partial charge in [-0.1, -0.05) is 0 Å². The summed E-state index contributed by atoms with van der Waals surface area (Å²) in [6.07, 6.45) is 1.18. The first-order valence-corrected chi connectivity index (χ1v) is 8.17. The van der Waals surface area contributed by atoms with Gasteiger partial charge in [0.2, 0.25) is 5.91 Å². The number of halogens is 2. The Bertz CT molecular complexity index is 645. The first-order chi connectivity index (χ1) is 11.5. The molecule has 130 valence electrons. The molecule has 0 bridgehead atoms. The summed E-state index contributed by atoms with van der Waals surface area (Å²) in [6.45, 7) is 1.67. The molecule has 0 spiro atoms. The lowest BCUT2D eigenvalue weighted by Gasteiger charge is -2.33. The minimum absolute atomic E-state index is 0.0200. The van der Waals surface area contributed by atoms with E-state index in [0.29, 0.717) is 51.5 Å². The van der Waals surface area contributed by atoms with Crippen LogP contribution in [-0.4, -0.2) is 59.0 Å². The van der Waals surface area contributed by atoms with Crippen LogP contribution in [0.25, 0.3) is 0 Å². The van der Waals surface area contributed by atoms with Crippen molar-refractivity contribution in [3.63, 3.8) is 0 Å². The summed E-state index contributed by atoms with van der Waals surface area (Å²) in [5.74, 6) is -2.22. The summed E-state index contributed by atoms with van der Waals surface area (Å²) >= 11 is 0. The van der Waals surface area contributed by atoms with Crippen LogP contribution in [0.2, 0.25) is 0 Å². The predicted octanol–water partition coefficient (Wildman–Crippen LogP) is 1.41. The summed E-state index contributed by atoms with van der Waals surface area (Å²) in [5, 5.41) is 9.52. The molecule has 7 heteroatoms. The Morgan fingerprint density at radius 3 is 2.29 bits per heavy atom. The van der Waals surface area contributed by atoms with Gasteiger partial charge >= 0.3 is 0 Å². The molecule has 0 saturated carbocycles. The molecule has 2 fully saturated rings. The maximum Gasteiger partial charge on any atom is 0.256 e. The van der Waals surface area contributed by atoms with Crippen LogP contribution < -0.4 is 0 Å². The molecule has 1 aromatic rings. The van der Waals surface area contributed by atoms with Crippen molar-refractivity contribution in [3.05, 3.63) is 35.4 Å². The monoisotopic (exact) mass is 338 g/mol. The van der Waals surface area contributed by atoms with Gasteiger partial charge in [-0.25, -0.2) is 8.78 Å². The molecule has 2 saturated heterocycles. The van der Waals surface area contributed by atoms with Gasteiger partial charge in [-0.3, -0.25) is 9.59 Å². The van der Waals surface area contributed by atoms with Crippen molar-refractivity contribution >= 4 is 11.8 Å². The number of aliphatic hydroxyl groups is 1. The number of hydrogen-bond donors (Lipinski definition) is 1. The van der Waals surface area contributed by atoms with E-state index in [1.807, 2.05) is 0 Å². The predicted molar refractivity (Wildman–Crippen MR) is 82.2 cm³/mol. The van der Waals surface area contributed by atoms with Crippen molar-refractivity contribution < 1.29 is 23.5 Å². The Morgan fingerprint density at radius 2 is 1.71 bits per heavy atom. The Hall–Kier alpha value is -2.02. The molecule has 24 heavy (non-hydrogen) atoms. The Labute approximate surface area is 138 Å². The van der Waals surface area contributed by atoms with Gasteiger partial charge in [-0.05, 0) is 31.4 Å². The molecule has 1 N–H and O–H groups in total. The topological polar surface area (TPSA) is 60.9 Å². The summed E-state index contributed by atoms with van der Waals surface area (Å²) < 4.78 is 26.7. The minimum atomic E-state index is -0.871. The minimum Gasteiger partial charge on any atom is -0.391 e. The molecular formula is C17H20F2N2O3. The van der Waals surface area contributed by atoms with Crippen molar-refractivity contribution in [1.82, 2.24) is 9.80 Å². The molecule has 0 aromatic heterocycles. The van der Waals surface area contributed by atoms with Crippen LogP contribution in [0.3, 0.4) is 0 Å². The second-order valence-electron chi connectivity index (χ2n) is 6.42. The zero-order chi connectivity index (χ0) is 17.3. The molecule has 0 radical (unpaired) electrons. The summed E-state index contributed by atoms with van der Waals surface area (Å²) in [7, 11) is 0. The largest absolute Gasteiger partial charge is 0.391 e. The van der Waals surface area contributed by atoms with E-state index in [0.717, 1.165) is 12.1 Å². The fourth-order valence-electron chi connectivity index (χ4n) is 3.36. The molecular weight excluding hydrogens is 318 g/mol.